The molecule has 1 saturated heterocycles. The monoisotopic (exact) mass is 638 g/mol. The number of likely N-dealkylation sites (N-methyl/N-ethyl adjacent to an activating group) is 1. The number of benzene rings is 4. The Bertz CT molecular complexity index is 1630. The van der Waals surface area contributed by atoms with E-state index in [0.29, 0.717) is 31.6 Å². The zero-order valence-electron chi connectivity index (χ0n) is 26.5. The maximum absolute atomic E-state index is 11.9. The number of nitrogens with one attached hydrogen (secondary N) is 1. The standard InChI is InChI=1S/C38H42N2O7/c1-3-17-45-38(44)39-22-27-7-4-8-29(18-27)30-9-5-11-32(19-30)37-46-34(21-36(47-37)28-15-13-26(25-41)14-16-28)23-40(2)24-35(43)31-10-6-12-33(42)20-31/h3-16,18-20,34-37,41-43H,1,17,21-25H2,2H3,(H,39,44)/t34-,35+,36+,37+/m0/s1. The lowest BCUT2D eigenvalue weighted by Gasteiger charge is -2.38. The number of phenols is 1. The second-order valence-electron chi connectivity index (χ2n) is 11.7. The van der Waals surface area contributed by atoms with Gasteiger partial charge in [-0.3, -0.25) is 0 Å². The molecule has 0 aliphatic carbocycles. The first kappa shape index (κ1) is 33.8. The summed E-state index contributed by atoms with van der Waals surface area (Å²) >= 11 is 0. The second kappa shape index (κ2) is 16.4. The van der Waals surface area contributed by atoms with Crippen molar-refractivity contribution < 1.29 is 34.3 Å². The first-order chi connectivity index (χ1) is 22.8. The van der Waals surface area contributed by atoms with Crippen molar-refractivity contribution in [1.29, 1.82) is 0 Å². The molecule has 4 aromatic rings. The summed E-state index contributed by atoms with van der Waals surface area (Å²) in [5.41, 5.74) is 6.21. The number of aliphatic hydroxyl groups is 2. The van der Waals surface area contributed by atoms with Gasteiger partial charge in [0.1, 0.15) is 12.4 Å². The lowest BCUT2D eigenvalue weighted by atomic mass is 9.98. The molecular weight excluding hydrogens is 596 g/mol. The third-order valence-electron chi connectivity index (χ3n) is 8.06. The number of nitrogens with zero attached hydrogens (tertiary/aromatic N) is 1. The number of alkyl carbamates (subject to hydrolysis) is 1. The minimum atomic E-state index is -0.773. The molecule has 5 rings (SSSR count). The van der Waals surface area contributed by atoms with Gasteiger partial charge in [0.05, 0.1) is 24.9 Å². The summed E-state index contributed by atoms with van der Waals surface area (Å²) in [5.74, 6) is 0.115. The molecule has 4 aromatic carbocycles. The van der Waals surface area contributed by atoms with E-state index < -0.39 is 18.5 Å². The molecule has 1 aliphatic rings. The number of phenolic OH excluding ortho intramolecular Hbond substituents is 1. The maximum Gasteiger partial charge on any atom is 0.407 e. The van der Waals surface area contributed by atoms with E-state index in [0.717, 1.165) is 33.4 Å². The third-order valence-corrected chi connectivity index (χ3v) is 8.06. The van der Waals surface area contributed by atoms with Gasteiger partial charge in [0, 0.05) is 31.6 Å². The van der Waals surface area contributed by atoms with Crippen LogP contribution in [-0.2, 0) is 27.4 Å². The van der Waals surface area contributed by atoms with Crippen LogP contribution in [0.3, 0.4) is 0 Å². The van der Waals surface area contributed by atoms with Crippen LogP contribution in [0.4, 0.5) is 4.79 Å². The molecule has 1 aliphatic heterocycles. The van der Waals surface area contributed by atoms with Crippen molar-refractivity contribution in [3.05, 3.63) is 138 Å². The Hall–Kier alpha value is -4.51. The zero-order chi connectivity index (χ0) is 33.2. The Morgan fingerprint density at radius 3 is 2.47 bits per heavy atom. The number of rotatable bonds is 13. The van der Waals surface area contributed by atoms with Gasteiger partial charge in [0.15, 0.2) is 6.29 Å². The number of amides is 1. The summed E-state index contributed by atoms with van der Waals surface area (Å²) in [7, 11) is 1.94. The summed E-state index contributed by atoms with van der Waals surface area (Å²) in [4.78, 5) is 13.9. The molecule has 0 radical (unpaired) electrons. The van der Waals surface area contributed by atoms with E-state index in [1.165, 1.54) is 6.08 Å². The van der Waals surface area contributed by atoms with Gasteiger partial charge in [-0.15, -0.1) is 0 Å². The SMILES string of the molecule is C=CCOC(=O)NCc1cccc(-c2cccc([C@@H]3O[C@H](CN(C)C[C@@H](O)c4cccc(O)c4)C[C@H](c4ccc(CO)cc4)O3)c2)c1. The fourth-order valence-electron chi connectivity index (χ4n) is 5.67. The number of aliphatic hydroxyl groups excluding tert-OH is 2. The Morgan fingerprint density at radius 2 is 1.72 bits per heavy atom. The summed E-state index contributed by atoms with van der Waals surface area (Å²) in [6.07, 6.45) is -0.266. The van der Waals surface area contributed by atoms with Gasteiger partial charge in [-0.1, -0.05) is 85.5 Å². The quantitative estimate of drug-likeness (QED) is 0.128. The van der Waals surface area contributed by atoms with Crippen LogP contribution in [0.25, 0.3) is 11.1 Å². The van der Waals surface area contributed by atoms with Gasteiger partial charge in [0.2, 0.25) is 0 Å². The first-order valence-electron chi connectivity index (χ1n) is 15.7. The molecule has 47 heavy (non-hydrogen) atoms. The highest BCUT2D eigenvalue weighted by Gasteiger charge is 2.33. The summed E-state index contributed by atoms with van der Waals surface area (Å²) in [6, 6.07) is 30.4. The average Bonchev–Trinajstić information content (AvgIpc) is 3.09. The fraction of sp³-hybridized carbons (Fsp3) is 0.289. The number of carbonyl (C=O) groups is 1. The smallest absolute Gasteiger partial charge is 0.407 e. The fourth-order valence-corrected chi connectivity index (χ4v) is 5.67. The van der Waals surface area contributed by atoms with Crippen molar-refractivity contribution in [2.75, 3.05) is 26.7 Å². The molecule has 1 amide bonds. The zero-order valence-corrected chi connectivity index (χ0v) is 26.5. The minimum absolute atomic E-state index is 0.0318. The molecule has 0 aromatic heterocycles. The maximum atomic E-state index is 11.9. The van der Waals surface area contributed by atoms with E-state index in [4.69, 9.17) is 14.2 Å². The molecule has 4 atom stereocenters. The lowest BCUT2D eigenvalue weighted by molar-refractivity contribution is -0.252. The second-order valence-corrected chi connectivity index (χ2v) is 11.7. The Labute approximate surface area is 275 Å². The van der Waals surface area contributed by atoms with Crippen LogP contribution in [0.5, 0.6) is 5.75 Å². The largest absolute Gasteiger partial charge is 0.508 e. The molecule has 0 saturated carbocycles. The van der Waals surface area contributed by atoms with Crippen LogP contribution in [-0.4, -0.2) is 59.2 Å². The van der Waals surface area contributed by atoms with E-state index >= 15 is 0 Å². The van der Waals surface area contributed by atoms with Crippen LogP contribution in [0.1, 0.15) is 52.7 Å². The van der Waals surface area contributed by atoms with Crippen LogP contribution in [0.2, 0.25) is 0 Å². The summed E-state index contributed by atoms with van der Waals surface area (Å²) in [6.45, 7) is 4.90. The van der Waals surface area contributed by atoms with Crippen molar-refractivity contribution in [2.24, 2.45) is 0 Å². The predicted molar refractivity (Wildman–Crippen MR) is 179 cm³/mol. The molecule has 9 heteroatoms. The number of ether oxygens (including phenoxy) is 3. The highest BCUT2D eigenvalue weighted by atomic mass is 16.7. The predicted octanol–water partition coefficient (Wildman–Crippen LogP) is 6.17. The van der Waals surface area contributed by atoms with Gasteiger partial charge in [-0.05, 0) is 64.7 Å². The van der Waals surface area contributed by atoms with Gasteiger partial charge in [-0.25, -0.2) is 4.79 Å². The van der Waals surface area contributed by atoms with Gasteiger partial charge in [-0.2, -0.15) is 0 Å². The highest BCUT2D eigenvalue weighted by Crippen LogP contribution is 2.39. The van der Waals surface area contributed by atoms with Crippen molar-refractivity contribution in [1.82, 2.24) is 10.2 Å². The normalized spacial score (nSPS) is 18.4. The molecule has 0 unspecified atom stereocenters. The molecule has 0 bridgehead atoms. The molecule has 1 fully saturated rings. The summed E-state index contributed by atoms with van der Waals surface area (Å²) in [5, 5.41) is 33.0. The molecular formula is C38H42N2O7. The Morgan fingerprint density at radius 1 is 0.979 bits per heavy atom. The number of aromatic hydroxyl groups is 1. The van der Waals surface area contributed by atoms with Gasteiger partial charge in [0.25, 0.3) is 0 Å². The van der Waals surface area contributed by atoms with E-state index in [1.807, 2.05) is 78.7 Å². The van der Waals surface area contributed by atoms with E-state index in [-0.39, 0.29) is 31.2 Å². The summed E-state index contributed by atoms with van der Waals surface area (Å²) < 4.78 is 18.1. The third kappa shape index (κ3) is 9.51. The highest BCUT2D eigenvalue weighted by molar-refractivity contribution is 5.68. The number of carbonyl (C=O) groups excluding carboxylic acids is 1. The topological polar surface area (TPSA) is 121 Å². The van der Waals surface area contributed by atoms with Crippen molar-refractivity contribution >= 4 is 6.09 Å². The van der Waals surface area contributed by atoms with Crippen LogP contribution >= 0.6 is 0 Å². The Balaban J connectivity index is 1.33. The van der Waals surface area contributed by atoms with Crippen LogP contribution in [0.15, 0.2) is 110 Å². The van der Waals surface area contributed by atoms with E-state index in [9.17, 15) is 20.1 Å². The minimum Gasteiger partial charge on any atom is -0.508 e. The van der Waals surface area contributed by atoms with E-state index in [1.54, 1.807) is 24.3 Å². The van der Waals surface area contributed by atoms with Gasteiger partial charge >= 0.3 is 6.09 Å². The molecule has 4 N–H and O–H groups in total. The van der Waals surface area contributed by atoms with Crippen molar-refractivity contribution in [3.8, 4) is 16.9 Å². The Kier molecular flexibility index (Phi) is 11.8. The van der Waals surface area contributed by atoms with Crippen molar-refractivity contribution in [2.45, 2.75) is 44.2 Å². The van der Waals surface area contributed by atoms with E-state index in [2.05, 4.69) is 18.0 Å². The van der Waals surface area contributed by atoms with Crippen LogP contribution in [0, 0.1) is 0 Å². The van der Waals surface area contributed by atoms with Crippen molar-refractivity contribution in [3.63, 3.8) is 0 Å². The van der Waals surface area contributed by atoms with Gasteiger partial charge < -0.3 is 39.7 Å². The number of hydrogen-bond acceptors (Lipinski definition) is 8. The van der Waals surface area contributed by atoms with Crippen LogP contribution < -0.4 is 5.32 Å². The number of hydrogen-bond donors (Lipinski definition) is 4. The average molecular weight is 639 g/mol. The molecule has 0 spiro atoms. The lowest BCUT2D eigenvalue weighted by Crippen LogP contribution is -2.39. The first-order valence-corrected chi connectivity index (χ1v) is 15.7. The molecule has 1 heterocycles. The molecule has 9 nitrogen and oxygen atoms in total. The molecule has 246 valence electrons.